The van der Waals surface area contributed by atoms with E-state index in [1.807, 2.05) is 30.3 Å². The summed E-state index contributed by atoms with van der Waals surface area (Å²) >= 11 is 0. The summed E-state index contributed by atoms with van der Waals surface area (Å²) in [5.74, 6) is -0.518. The molecule has 0 radical (unpaired) electrons. The number of esters is 1. The monoisotopic (exact) mass is 235 g/mol. The molecule has 4 nitrogen and oxygen atoms in total. The van der Waals surface area contributed by atoms with Crippen LogP contribution in [0.5, 0.6) is 0 Å². The number of carbonyl (C=O) groups excluding carboxylic acids is 1. The molecule has 0 bridgehead atoms. The minimum atomic E-state index is -0.862. The van der Waals surface area contributed by atoms with E-state index in [0.29, 0.717) is 6.42 Å². The molecule has 0 heterocycles. The fraction of sp³-hybridized carbons (Fsp3) is 0.462. The standard InChI is InChI=1S/C13H17NO3/c1-2-17-13(15)12(14-16)10-6-9-11-7-4-3-5-8-11/h3-5,7-8,12H,2,6,9-10H2,1H3. The van der Waals surface area contributed by atoms with Gasteiger partial charge in [0.1, 0.15) is 0 Å². The fourth-order valence-electron chi connectivity index (χ4n) is 1.60. The van der Waals surface area contributed by atoms with Crippen LogP contribution in [0, 0.1) is 4.91 Å². The molecule has 1 rings (SSSR count). The molecule has 1 atom stereocenters. The number of hydrogen-bond donors (Lipinski definition) is 0. The topological polar surface area (TPSA) is 55.7 Å². The van der Waals surface area contributed by atoms with E-state index in [4.69, 9.17) is 4.74 Å². The lowest BCUT2D eigenvalue weighted by molar-refractivity contribution is -0.144. The lowest BCUT2D eigenvalue weighted by Crippen LogP contribution is -2.21. The van der Waals surface area contributed by atoms with Gasteiger partial charge in [0, 0.05) is 0 Å². The SMILES string of the molecule is CCOC(=O)C(CCCc1ccccc1)N=O. The number of rotatable bonds is 7. The van der Waals surface area contributed by atoms with E-state index in [1.54, 1.807) is 6.92 Å². The van der Waals surface area contributed by atoms with Crippen LogP contribution >= 0.6 is 0 Å². The van der Waals surface area contributed by atoms with E-state index in [2.05, 4.69) is 5.18 Å². The molecular weight excluding hydrogens is 218 g/mol. The van der Waals surface area contributed by atoms with E-state index in [9.17, 15) is 9.70 Å². The van der Waals surface area contributed by atoms with Crippen molar-refractivity contribution in [1.29, 1.82) is 0 Å². The van der Waals surface area contributed by atoms with Crippen molar-refractivity contribution in [3.05, 3.63) is 40.8 Å². The number of nitrogens with zero attached hydrogens (tertiary/aromatic N) is 1. The van der Waals surface area contributed by atoms with Gasteiger partial charge in [-0.2, -0.15) is 0 Å². The van der Waals surface area contributed by atoms with Gasteiger partial charge in [0.2, 0.25) is 0 Å². The predicted octanol–water partition coefficient (Wildman–Crippen LogP) is 2.71. The van der Waals surface area contributed by atoms with Crippen LogP contribution in [0.4, 0.5) is 0 Å². The lowest BCUT2D eigenvalue weighted by atomic mass is 10.1. The second kappa shape index (κ2) is 7.54. The predicted molar refractivity (Wildman–Crippen MR) is 65.6 cm³/mol. The number of ether oxygens (including phenoxy) is 1. The van der Waals surface area contributed by atoms with Gasteiger partial charge in [-0.15, -0.1) is 4.91 Å². The molecule has 1 aromatic rings. The average molecular weight is 235 g/mol. The number of benzene rings is 1. The zero-order chi connectivity index (χ0) is 12.5. The Hall–Kier alpha value is -1.71. The molecule has 0 fully saturated rings. The van der Waals surface area contributed by atoms with Crippen molar-refractivity contribution in [2.75, 3.05) is 6.61 Å². The lowest BCUT2D eigenvalue weighted by Gasteiger charge is -2.07. The van der Waals surface area contributed by atoms with Gasteiger partial charge in [0.15, 0.2) is 6.04 Å². The highest BCUT2D eigenvalue weighted by atomic mass is 16.5. The van der Waals surface area contributed by atoms with Crippen molar-refractivity contribution in [3.63, 3.8) is 0 Å². The summed E-state index contributed by atoms with van der Waals surface area (Å²) in [5.41, 5.74) is 1.20. The maximum Gasteiger partial charge on any atom is 0.334 e. The van der Waals surface area contributed by atoms with Crippen LogP contribution in [0.1, 0.15) is 25.3 Å². The van der Waals surface area contributed by atoms with Gasteiger partial charge in [-0.3, -0.25) is 0 Å². The summed E-state index contributed by atoms with van der Waals surface area (Å²) in [6.45, 7) is 1.99. The molecule has 0 saturated heterocycles. The number of aryl methyl sites for hydroxylation is 1. The van der Waals surface area contributed by atoms with Crippen molar-refractivity contribution in [2.24, 2.45) is 5.18 Å². The molecule has 0 N–H and O–H groups in total. The third-order valence-electron chi connectivity index (χ3n) is 2.47. The van der Waals surface area contributed by atoms with Crippen LogP contribution in [0.2, 0.25) is 0 Å². The minimum Gasteiger partial charge on any atom is -0.464 e. The van der Waals surface area contributed by atoms with Crippen LogP contribution in [0.15, 0.2) is 35.5 Å². The van der Waals surface area contributed by atoms with Gasteiger partial charge in [-0.25, -0.2) is 4.79 Å². The summed E-state index contributed by atoms with van der Waals surface area (Å²) in [7, 11) is 0. The summed E-state index contributed by atoms with van der Waals surface area (Å²) in [6, 6.07) is 9.07. The first-order valence-electron chi connectivity index (χ1n) is 5.81. The Labute approximate surface area is 101 Å². The van der Waals surface area contributed by atoms with Crippen LogP contribution in [-0.2, 0) is 16.0 Å². The maximum absolute atomic E-state index is 11.3. The van der Waals surface area contributed by atoms with Gasteiger partial charge >= 0.3 is 5.97 Å². The van der Waals surface area contributed by atoms with Crippen LogP contribution in [0.3, 0.4) is 0 Å². The molecular formula is C13H17NO3. The Bertz CT molecular complexity index is 351. The van der Waals surface area contributed by atoms with Gasteiger partial charge in [-0.1, -0.05) is 35.5 Å². The Morgan fingerprint density at radius 3 is 2.65 bits per heavy atom. The van der Waals surface area contributed by atoms with E-state index < -0.39 is 12.0 Å². The molecule has 1 unspecified atom stereocenters. The summed E-state index contributed by atoms with van der Waals surface area (Å²) in [5, 5.41) is 2.81. The Balaban J connectivity index is 2.33. The zero-order valence-corrected chi connectivity index (χ0v) is 9.96. The first-order valence-corrected chi connectivity index (χ1v) is 5.81. The van der Waals surface area contributed by atoms with E-state index in [0.717, 1.165) is 12.8 Å². The summed E-state index contributed by atoms with van der Waals surface area (Å²) < 4.78 is 4.76. The molecule has 0 aliphatic carbocycles. The highest BCUT2D eigenvalue weighted by molar-refractivity contribution is 5.75. The minimum absolute atomic E-state index is 0.281. The van der Waals surface area contributed by atoms with Crippen molar-refractivity contribution >= 4 is 5.97 Å². The Morgan fingerprint density at radius 2 is 2.06 bits per heavy atom. The molecule has 4 heteroatoms. The molecule has 0 aromatic heterocycles. The zero-order valence-electron chi connectivity index (χ0n) is 9.96. The second-order valence-electron chi connectivity index (χ2n) is 3.75. The first kappa shape index (κ1) is 13.4. The van der Waals surface area contributed by atoms with E-state index >= 15 is 0 Å². The summed E-state index contributed by atoms with van der Waals surface area (Å²) in [6.07, 6.45) is 2.03. The largest absolute Gasteiger partial charge is 0.464 e. The third-order valence-corrected chi connectivity index (χ3v) is 2.47. The molecule has 0 amide bonds. The number of nitroso groups, excluding NO2 is 1. The van der Waals surface area contributed by atoms with Crippen LogP contribution < -0.4 is 0 Å². The molecule has 1 aromatic carbocycles. The first-order chi connectivity index (χ1) is 8.27. The molecule has 0 spiro atoms. The van der Waals surface area contributed by atoms with Crippen molar-refractivity contribution < 1.29 is 9.53 Å². The third kappa shape index (κ3) is 4.76. The molecule has 0 saturated carbocycles. The number of carbonyl (C=O) groups is 1. The quantitative estimate of drug-likeness (QED) is 0.539. The van der Waals surface area contributed by atoms with Gasteiger partial charge in [0.05, 0.1) is 6.61 Å². The van der Waals surface area contributed by atoms with E-state index in [-0.39, 0.29) is 6.61 Å². The average Bonchev–Trinajstić information content (AvgIpc) is 2.36. The van der Waals surface area contributed by atoms with Crippen LogP contribution in [0.25, 0.3) is 0 Å². The molecule has 92 valence electrons. The Morgan fingerprint density at radius 1 is 1.35 bits per heavy atom. The molecule has 17 heavy (non-hydrogen) atoms. The van der Waals surface area contributed by atoms with Crippen molar-refractivity contribution in [2.45, 2.75) is 32.2 Å². The summed E-state index contributed by atoms with van der Waals surface area (Å²) in [4.78, 5) is 21.8. The van der Waals surface area contributed by atoms with E-state index in [1.165, 1.54) is 5.56 Å². The maximum atomic E-state index is 11.3. The fourth-order valence-corrected chi connectivity index (χ4v) is 1.60. The van der Waals surface area contributed by atoms with Crippen LogP contribution in [-0.4, -0.2) is 18.6 Å². The van der Waals surface area contributed by atoms with Gasteiger partial charge < -0.3 is 4.74 Å². The van der Waals surface area contributed by atoms with Crippen molar-refractivity contribution in [3.8, 4) is 0 Å². The molecule has 0 aliphatic heterocycles. The van der Waals surface area contributed by atoms with Gasteiger partial charge in [0.25, 0.3) is 0 Å². The highest BCUT2D eigenvalue weighted by Crippen LogP contribution is 2.09. The second-order valence-corrected chi connectivity index (χ2v) is 3.75. The number of hydrogen-bond acceptors (Lipinski definition) is 4. The van der Waals surface area contributed by atoms with Gasteiger partial charge in [-0.05, 0) is 31.7 Å². The smallest absolute Gasteiger partial charge is 0.334 e. The Kier molecular flexibility index (Phi) is 5.93. The van der Waals surface area contributed by atoms with Crippen molar-refractivity contribution in [1.82, 2.24) is 0 Å². The highest BCUT2D eigenvalue weighted by Gasteiger charge is 2.19. The molecule has 0 aliphatic rings. The normalized spacial score (nSPS) is 11.8.